The van der Waals surface area contributed by atoms with Crippen molar-refractivity contribution in [2.75, 3.05) is 20.3 Å². The number of ether oxygens (including phenoxy) is 3. The Kier molecular flexibility index (Phi) is 11.7. The van der Waals surface area contributed by atoms with E-state index in [4.69, 9.17) is 14.2 Å². The Hall–Kier alpha value is -2.40. The average molecular weight is 503 g/mol. The van der Waals surface area contributed by atoms with Crippen molar-refractivity contribution in [2.45, 2.75) is 75.7 Å². The van der Waals surface area contributed by atoms with Gasteiger partial charge < -0.3 is 34.6 Å². The van der Waals surface area contributed by atoms with Crippen LogP contribution >= 0.6 is 0 Å². The fourth-order valence-corrected chi connectivity index (χ4v) is 4.12. The predicted molar refractivity (Wildman–Crippen MR) is 135 cm³/mol. The average Bonchev–Trinajstić information content (AvgIpc) is 2.91. The molecule has 0 bridgehead atoms. The summed E-state index contributed by atoms with van der Waals surface area (Å²) in [7, 11) is 1.63. The van der Waals surface area contributed by atoms with Crippen LogP contribution in [-0.2, 0) is 15.9 Å². The Labute approximate surface area is 212 Å². The largest absolute Gasteiger partial charge is 0.497 e. The number of nitrogens with zero attached hydrogens (tertiary/aromatic N) is 2. The Morgan fingerprint density at radius 3 is 1.97 bits per heavy atom. The van der Waals surface area contributed by atoms with E-state index in [-0.39, 0.29) is 0 Å². The number of aliphatic hydroxyl groups excluding tert-OH is 4. The second kappa shape index (κ2) is 15.0. The number of hydrogen-bond donors (Lipinski definition) is 4. The molecule has 2 aromatic carbocycles. The maximum absolute atomic E-state index is 10.1. The molecule has 0 amide bonds. The summed E-state index contributed by atoms with van der Waals surface area (Å²) >= 11 is 0. The second-order valence-electron chi connectivity index (χ2n) is 9.00. The highest BCUT2D eigenvalue weighted by atomic mass is 16.6. The van der Waals surface area contributed by atoms with E-state index in [0.29, 0.717) is 6.61 Å². The van der Waals surface area contributed by atoms with Crippen molar-refractivity contribution in [3.05, 3.63) is 54.1 Å². The lowest BCUT2D eigenvalue weighted by Crippen LogP contribution is -2.59. The highest BCUT2D eigenvalue weighted by Crippen LogP contribution is 2.23. The van der Waals surface area contributed by atoms with E-state index in [0.717, 1.165) is 62.1 Å². The molecule has 1 heterocycles. The van der Waals surface area contributed by atoms with Gasteiger partial charge in [-0.2, -0.15) is 10.2 Å². The molecule has 0 spiro atoms. The predicted octanol–water partition coefficient (Wildman–Crippen LogP) is 3.81. The van der Waals surface area contributed by atoms with Gasteiger partial charge in [0.1, 0.15) is 30.2 Å². The fraction of sp³-hybridized carbons (Fsp3) is 0.556. The van der Waals surface area contributed by atoms with Crippen LogP contribution in [0.2, 0.25) is 0 Å². The van der Waals surface area contributed by atoms with E-state index in [2.05, 4.69) is 22.4 Å². The quantitative estimate of drug-likeness (QED) is 0.228. The van der Waals surface area contributed by atoms with Crippen LogP contribution in [0, 0.1) is 0 Å². The number of benzene rings is 2. The van der Waals surface area contributed by atoms with Crippen LogP contribution in [0.1, 0.15) is 44.1 Å². The molecule has 36 heavy (non-hydrogen) atoms. The highest BCUT2D eigenvalue weighted by Gasteiger charge is 2.44. The lowest BCUT2D eigenvalue weighted by Gasteiger charge is -2.39. The van der Waals surface area contributed by atoms with Gasteiger partial charge in [-0.3, -0.25) is 0 Å². The van der Waals surface area contributed by atoms with Gasteiger partial charge in [-0.05, 0) is 61.2 Å². The van der Waals surface area contributed by atoms with Crippen molar-refractivity contribution in [1.82, 2.24) is 0 Å². The molecule has 4 N–H and O–H groups in total. The van der Waals surface area contributed by atoms with Gasteiger partial charge in [0, 0.05) is 6.61 Å². The number of hydrogen-bond acceptors (Lipinski definition) is 9. The van der Waals surface area contributed by atoms with E-state index in [1.807, 2.05) is 36.4 Å². The molecular formula is C27H38N2O7. The lowest BCUT2D eigenvalue weighted by atomic mass is 9.99. The summed E-state index contributed by atoms with van der Waals surface area (Å²) in [4.78, 5) is 0. The second-order valence-corrected chi connectivity index (χ2v) is 9.00. The van der Waals surface area contributed by atoms with Crippen LogP contribution in [-0.4, -0.2) is 71.5 Å². The van der Waals surface area contributed by atoms with Crippen molar-refractivity contribution in [3.8, 4) is 5.75 Å². The third-order valence-corrected chi connectivity index (χ3v) is 6.30. The van der Waals surface area contributed by atoms with Gasteiger partial charge in [0.25, 0.3) is 0 Å². The zero-order valence-corrected chi connectivity index (χ0v) is 20.8. The van der Waals surface area contributed by atoms with Crippen LogP contribution < -0.4 is 4.74 Å². The van der Waals surface area contributed by atoms with E-state index < -0.39 is 37.3 Å². The first-order valence-electron chi connectivity index (χ1n) is 12.6. The van der Waals surface area contributed by atoms with Crippen LogP contribution in [0.15, 0.2) is 58.8 Å². The number of aryl methyl sites for hydroxylation is 1. The summed E-state index contributed by atoms with van der Waals surface area (Å²) in [6.45, 7) is -0.0868. The number of azo groups is 1. The minimum Gasteiger partial charge on any atom is -0.497 e. The minimum absolute atomic E-state index is 0.367. The first-order chi connectivity index (χ1) is 17.5. The lowest BCUT2D eigenvalue weighted by molar-refractivity contribution is -0.294. The first-order valence-corrected chi connectivity index (χ1v) is 12.6. The van der Waals surface area contributed by atoms with Crippen molar-refractivity contribution in [3.63, 3.8) is 0 Å². The van der Waals surface area contributed by atoms with Gasteiger partial charge in [-0.25, -0.2) is 0 Å². The normalized spacial score (nSPS) is 24.3. The third kappa shape index (κ3) is 8.62. The van der Waals surface area contributed by atoms with Crippen molar-refractivity contribution in [1.29, 1.82) is 0 Å². The molecule has 1 saturated heterocycles. The Morgan fingerprint density at radius 2 is 1.36 bits per heavy atom. The van der Waals surface area contributed by atoms with Crippen molar-refractivity contribution in [2.24, 2.45) is 10.2 Å². The Bertz CT molecular complexity index is 907. The molecule has 0 aliphatic carbocycles. The molecule has 3 rings (SSSR count). The summed E-state index contributed by atoms with van der Waals surface area (Å²) < 4.78 is 15.7. The summed E-state index contributed by atoms with van der Waals surface area (Å²) in [5.74, 6) is 0.790. The molecule has 5 atom stereocenters. The van der Waals surface area contributed by atoms with Crippen LogP contribution in [0.3, 0.4) is 0 Å². The number of methoxy groups -OCH3 is 1. The van der Waals surface area contributed by atoms with Gasteiger partial charge in [-0.15, -0.1) is 0 Å². The van der Waals surface area contributed by atoms with Crippen LogP contribution in [0.4, 0.5) is 11.4 Å². The minimum atomic E-state index is -1.48. The maximum atomic E-state index is 10.1. The molecule has 1 aliphatic rings. The fourth-order valence-electron chi connectivity index (χ4n) is 4.12. The van der Waals surface area contributed by atoms with E-state index >= 15 is 0 Å². The third-order valence-electron chi connectivity index (χ3n) is 6.30. The van der Waals surface area contributed by atoms with E-state index in [9.17, 15) is 20.4 Å². The molecule has 9 heteroatoms. The molecule has 0 aromatic heterocycles. The molecular weight excluding hydrogens is 464 g/mol. The van der Waals surface area contributed by atoms with Crippen LogP contribution in [0.5, 0.6) is 5.75 Å². The van der Waals surface area contributed by atoms with Gasteiger partial charge in [-0.1, -0.05) is 37.8 Å². The van der Waals surface area contributed by atoms with Gasteiger partial charge in [0.05, 0.1) is 25.1 Å². The summed E-state index contributed by atoms with van der Waals surface area (Å²) in [5.41, 5.74) is 2.88. The van der Waals surface area contributed by atoms with E-state index in [1.165, 1.54) is 5.56 Å². The first kappa shape index (κ1) is 28.2. The number of unbranched alkanes of at least 4 members (excludes halogenated alkanes) is 5. The molecule has 198 valence electrons. The smallest absolute Gasteiger partial charge is 0.184 e. The van der Waals surface area contributed by atoms with Crippen molar-refractivity contribution >= 4 is 11.4 Å². The SMILES string of the molecule is COc1ccc(N=Nc2ccc(CCCCCCCCO[C@H]3[C@H](O)[C@@H](CO)OC(O)[C@@H]3O)cc2)cc1. The molecule has 9 nitrogen and oxygen atoms in total. The molecule has 1 aliphatic heterocycles. The zero-order valence-electron chi connectivity index (χ0n) is 20.8. The Balaban J connectivity index is 1.25. The van der Waals surface area contributed by atoms with Gasteiger partial charge >= 0.3 is 0 Å². The maximum Gasteiger partial charge on any atom is 0.184 e. The summed E-state index contributed by atoms with van der Waals surface area (Å²) in [6.07, 6.45) is 1.32. The van der Waals surface area contributed by atoms with Crippen LogP contribution in [0.25, 0.3) is 0 Å². The molecule has 0 saturated carbocycles. The van der Waals surface area contributed by atoms with Gasteiger partial charge in [0.15, 0.2) is 6.29 Å². The molecule has 2 aromatic rings. The Morgan fingerprint density at radius 1 is 0.778 bits per heavy atom. The number of aliphatic hydroxyl groups is 4. The number of rotatable bonds is 14. The monoisotopic (exact) mass is 502 g/mol. The highest BCUT2D eigenvalue weighted by molar-refractivity contribution is 5.43. The standard InChI is InChI=1S/C27H38N2O7/c1-34-22-15-13-21(14-16-22)29-28-20-11-9-19(10-12-20)8-6-4-2-3-5-7-17-35-26-24(31)23(18-30)36-27(33)25(26)32/h9-16,23-27,30-33H,2-8,17-18H2,1H3/t23-,24-,25-,26+,27?/m1/s1. The van der Waals surface area contributed by atoms with Crippen molar-refractivity contribution < 1.29 is 34.6 Å². The molecule has 1 fully saturated rings. The molecule has 1 unspecified atom stereocenters. The zero-order chi connectivity index (χ0) is 25.8. The van der Waals surface area contributed by atoms with Gasteiger partial charge in [0.2, 0.25) is 0 Å². The summed E-state index contributed by atoms with van der Waals surface area (Å²) in [5, 5.41) is 47.5. The molecule has 0 radical (unpaired) electrons. The topological polar surface area (TPSA) is 133 Å². The summed E-state index contributed by atoms with van der Waals surface area (Å²) in [6, 6.07) is 15.6. The van der Waals surface area contributed by atoms with E-state index in [1.54, 1.807) is 7.11 Å².